The van der Waals surface area contributed by atoms with Crippen LogP contribution >= 0.6 is 0 Å². The standard InChI is InChI=1S/C30H29N7O2/c1-7-27-25(29(33-19-31-27)35-23-3-5-24(6-4-23)36-9-13-38-14-10-36)17-21(1)22-2-8-28-26(18-22)30(34-20-32-28)37-11-15-39-16-12-37/h1-8,17-20H,9-16H2,(H,31,33,35). The molecule has 2 aliphatic rings. The van der Waals surface area contributed by atoms with Crippen molar-refractivity contribution in [2.75, 3.05) is 67.7 Å². The van der Waals surface area contributed by atoms with Crippen LogP contribution in [-0.4, -0.2) is 72.5 Å². The number of ether oxygens (including phenoxy) is 2. The smallest absolute Gasteiger partial charge is 0.141 e. The second-order valence-corrected chi connectivity index (χ2v) is 9.75. The Kier molecular flexibility index (Phi) is 6.36. The van der Waals surface area contributed by atoms with Gasteiger partial charge >= 0.3 is 0 Å². The van der Waals surface area contributed by atoms with Gasteiger partial charge in [0.15, 0.2) is 0 Å². The van der Waals surface area contributed by atoms with Gasteiger partial charge < -0.3 is 24.6 Å². The van der Waals surface area contributed by atoms with E-state index in [0.29, 0.717) is 13.2 Å². The molecule has 5 aromatic rings. The second kappa shape index (κ2) is 10.4. The third-order valence-electron chi connectivity index (χ3n) is 7.40. The Hall–Kier alpha value is -4.34. The third-order valence-corrected chi connectivity index (χ3v) is 7.40. The van der Waals surface area contributed by atoms with E-state index in [0.717, 1.165) is 89.6 Å². The molecule has 4 heterocycles. The molecule has 9 heteroatoms. The van der Waals surface area contributed by atoms with Gasteiger partial charge in [-0.15, -0.1) is 0 Å². The SMILES string of the molecule is c1nc(Nc2ccc(N3CCOCC3)cc2)c2cc(-c3ccc4ncnc(N5CCOCC5)c4c3)ccc2n1. The molecule has 3 aromatic carbocycles. The topological polar surface area (TPSA) is 88.5 Å². The summed E-state index contributed by atoms with van der Waals surface area (Å²) in [7, 11) is 0. The first-order chi connectivity index (χ1) is 19.3. The average molecular weight is 520 g/mol. The van der Waals surface area contributed by atoms with Gasteiger partial charge in [0, 0.05) is 48.3 Å². The number of nitrogens with zero attached hydrogens (tertiary/aromatic N) is 6. The molecule has 1 N–H and O–H groups in total. The van der Waals surface area contributed by atoms with E-state index >= 15 is 0 Å². The fraction of sp³-hybridized carbons (Fsp3) is 0.267. The van der Waals surface area contributed by atoms with Crippen LogP contribution in [0.2, 0.25) is 0 Å². The molecule has 39 heavy (non-hydrogen) atoms. The zero-order chi connectivity index (χ0) is 26.0. The summed E-state index contributed by atoms with van der Waals surface area (Å²) in [6.07, 6.45) is 3.25. The monoisotopic (exact) mass is 519 g/mol. The van der Waals surface area contributed by atoms with Crippen LogP contribution in [0.4, 0.5) is 23.0 Å². The maximum absolute atomic E-state index is 5.54. The maximum Gasteiger partial charge on any atom is 0.141 e. The molecule has 0 saturated carbocycles. The van der Waals surface area contributed by atoms with Crippen molar-refractivity contribution in [2.24, 2.45) is 0 Å². The van der Waals surface area contributed by atoms with Gasteiger partial charge in [-0.1, -0.05) is 12.1 Å². The first-order valence-electron chi connectivity index (χ1n) is 13.3. The van der Waals surface area contributed by atoms with E-state index in [4.69, 9.17) is 9.47 Å². The molecule has 2 aromatic heterocycles. The van der Waals surface area contributed by atoms with Gasteiger partial charge in [0.2, 0.25) is 0 Å². The molecule has 0 spiro atoms. The Morgan fingerprint density at radius 2 is 1.18 bits per heavy atom. The van der Waals surface area contributed by atoms with E-state index < -0.39 is 0 Å². The van der Waals surface area contributed by atoms with Gasteiger partial charge in [-0.05, 0) is 59.7 Å². The third kappa shape index (κ3) is 4.82. The van der Waals surface area contributed by atoms with E-state index in [2.05, 4.69) is 89.6 Å². The zero-order valence-corrected chi connectivity index (χ0v) is 21.6. The summed E-state index contributed by atoms with van der Waals surface area (Å²) >= 11 is 0. The summed E-state index contributed by atoms with van der Waals surface area (Å²) in [6, 6.07) is 21.2. The van der Waals surface area contributed by atoms with Gasteiger partial charge in [-0.2, -0.15) is 0 Å². The number of hydrogen-bond acceptors (Lipinski definition) is 9. The normalized spacial score (nSPS) is 16.1. The lowest BCUT2D eigenvalue weighted by molar-refractivity contribution is 0.122. The van der Waals surface area contributed by atoms with Gasteiger partial charge in [0.25, 0.3) is 0 Å². The first-order valence-corrected chi connectivity index (χ1v) is 13.3. The first kappa shape index (κ1) is 23.8. The molecule has 2 saturated heterocycles. The highest BCUT2D eigenvalue weighted by Crippen LogP contribution is 2.32. The quantitative estimate of drug-likeness (QED) is 0.356. The van der Waals surface area contributed by atoms with Gasteiger partial charge in [-0.3, -0.25) is 0 Å². The summed E-state index contributed by atoms with van der Waals surface area (Å²) in [4.78, 5) is 22.9. The number of aromatic nitrogens is 4. The predicted molar refractivity (Wildman–Crippen MR) is 154 cm³/mol. The Labute approximate surface area is 226 Å². The summed E-state index contributed by atoms with van der Waals surface area (Å²) in [5.74, 6) is 1.73. The minimum absolute atomic E-state index is 0.710. The zero-order valence-electron chi connectivity index (χ0n) is 21.6. The molecule has 0 amide bonds. The number of nitrogens with one attached hydrogen (secondary N) is 1. The Morgan fingerprint density at radius 3 is 1.87 bits per heavy atom. The van der Waals surface area contributed by atoms with Crippen LogP contribution in [-0.2, 0) is 9.47 Å². The minimum atomic E-state index is 0.710. The van der Waals surface area contributed by atoms with Gasteiger partial charge in [0.05, 0.1) is 37.5 Å². The molecule has 0 unspecified atom stereocenters. The van der Waals surface area contributed by atoms with Crippen LogP contribution in [0.3, 0.4) is 0 Å². The van der Waals surface area contributed by atoms with Crippen LogP contribution in [0.25, 0.3) is 32.9 Å². The van der Waals surface area contributed by atoms with Crippen LogP contribution in [0.5, 0.6) is 0 Å². The average Bonchev–Trinajstić information content (AvgIpc) is 3.02. The van der Waals surface area contributed by atoms with Crippen molar-refractivity contribution in [1.82, 2.24) is 19.9 Å². The molecule has 0 bridgehead atoms. The van der Waals surface area contributed by atoms with Crippen LogP contribution in [0, 0.1) is 0 Å². The number of rotatable bonds is 5. The van der Waals surface area contributed by atoms with Crippen molar-refractivity contribution in [3.05, 3.63) is 73.3 Å². The largest absolute Gasteiger partial charge is 0.378 e. The van der Waals surface area contributed by atoms with Crippen molar-refractivity contribution in [3.63, 3.8) is 0 Å². The fourth-order valence-electron chi connectivity index (χ4n) is 5.30. The van der Waals surface area contributed by atoms with Crippen molar-refractivity contribution in [1.29, 1.82) is 0 Å². The minimum Gasteiger partial charge on any atom is -0.378 e. The molecular formula is C30H29N7O2. The van der Waals surface area contributed by atoms with E-state index in [-0.39, 0.29) is 0 Å². The molecule has 2 aliphatic heterocycles. The van der Waals surface area contributed by atoms with Crippen LogP contribution < -0.4 is 15.1 Å². The summed E-state index contributed by atoms with van der Waals surface area (Å²) in [5.41, 5.74) is 6.19. The molecular weight excluding hydrogens is 490 g/mol. The lowest BCUT2D eigenvalue weighted by atomic mass is 10.0. The Bertz CT molecular complexity index is 1610. The number of anilines is 4. The van der Waals surface area contributed by atoms with Crippen molar-refractivity contribution in [2.45, 2.75) is 0 Å². The molecule has 9 nitrogen and oxygen atoms in total. The van der Waals surface area contributed by atoms with Gasteiger partial charge in [-0.25, -0.2) is 19.9 Å². The van der Waals surface area contributed by atoms with Crippen molar-refractivity contribution >= 4 is 44.8 Å². The molecule has 7 rings (SSSR count). The van der Waals surface area contributed by atoms with Crippen LogP contribution in [0.15, 0.2) is 73.3 Å². The van der Waals surface area contributed by atoms with E-state index in [9.17, 15) is 0 Å². The molecule has 2 fully saturated rings. The number of benzene rings is 3. The lowest BCUT2D eigenvalue weighted by Crippen LogP contribution is -2.36. The predicted octanol–water partition coefficient (Wildman–Crippen LogP) is 4.66. The summed E-state index contributed by atoms with van der Waals surface area (Å²) in [5, 5.41) is 5.51. The van der Waals surface area contributed by atoms with Crippen molar-refractivity contribution in [3.8, 4) is 11.1 Å². The fourth-order valence-corrected chi connectivity index (χ4v) is 5.30. The number of morpholine rings is 2. The van der Waals surface area contributed by atoms with E-state index in [1.54, 1.807) is 12.7 Å². The molecule has 0 atom stereocenters. The molecule has 0 aliphatic carbocycles. The lowest BCUT2D eigenvalue weighted by Gasteiger charge is -2.28. The second-order valence-electron chi connectivity index (χ2n) is 9.75. The number of fused-ring (bicyclic) bond motifs is 2. The highest BCUT2D eigenvalue weighted by molar-refractivity contribution is 5.97. The molecule has 0 radical (unpaired) electrons. The maximum atomic E-state index is 5.54. The highest BCUT2D eigenvalue weighted by Gasteiger charge is 2.17. The van der Waals surface area contributed by atoms with E-state index in [1.165, 1.54) is 5.69 Å². The Balaban J connectivity index is 1.21. The van der Waals surface area contributed by atoms with Gasteiger partial charge in [0.1, 0.15) is 24.3 Å². The van der Waals surface area contributed by atoms with Crippen molar-refractivity contribution < 1.29 is 9.47 Å². The van der Waals surface area contributed by atoms with E-state index in [1.807, 2.05) is 6.07 Å². The molecule has 196 valence electrons. The summed E-state index contributed by atoms with van der Waals surface area (Å²) in [6.45, 7) is 6.45. The Morgan fingerprint density at radius 1 is 0.590 bits per heavy atom. The summed E-state index contributed by atoms with van der Waals surface area (Å²) < 4.78 is 11.0. The van der Waals surface area contributed by atoms with Crippen LogP contribution in [0.1, 0.15) is 0 Å². The number of hydrogen-bond donors (Lipinski definition) is 1. The highest BCUT2D eigenvalue weighted by atomic mass is 16.5.